The molecule has 4 bridgehead atoms. The molecular weight excluding hydrogens is 905 g/mol. The van der Waals surface area contributed by atoms with Crippen molar-refractivity contribution in [2.75, 3.05) is 27.3 Å². The van der Waals surface area contributed by atoms with E-state index < -0.39 is 24.3 Å². The van der Waals surface area contributed by atoms with Gasteiger partial charge in [-0.15, -0.1) is 0 Å². The minimum Gasteiger partial charge on any atom is -0.453 e. The average molecular weight is 973 g/mol. The first-order valence-electron chi connectivity index (χ1n) is 26.4. The van der Waals surface area contributed by atoms with Crippen molar-refractivity contribution in [2.45, 2.75) is 116 Å². The van der Waals surface area contributed by atoms with E-state index in [1.807, 2.05) is 37.5 Å². The molecular formula is C58H68N8O6. The van der Waals surface area contributed by atoms with E-state index in [-0.39, 0.29) is 35.7 Å². The molecule has 2 aromatic heterocycles. The number of imidazole rings is 2. The van der Waals surface area contributed by atoms with E-state index in [0.717, 1.165) is 109 Å². The van der Waals surface area contributed by atoms with Gasteiger partial charge in [-0.2, -0.15) is 0 Å². The van der Waals surface area contributed by atoms with Crippen LogP contribution in [0.4, 0.5) is 9.59 Å². The molecule has 0 spiro atoms. The topological polar surface area (TPSA) is 175 Å². The lowest BCUT2D eigenvalue weighted by molar-refractivity contribution is -0.136. The summed E-state index contributed by atoms with van der Waals surface area (Å²) in [7, 11) is 2.65. The molecule has 4 N–H and O–H groups in total. The number of methoxy groups -OCH3 is 2. The van der Waals surface area contributed by atoms with Crippen LogP contribution in [0.15, 0.2) is 72.8 Å². The van der Waals surface area contributed by atoms with E-state index in [4.69, 9.17) is 19.4 Å². The van der Waals surface area contributed by atoms with Crippen LogP contribution in [0.3, 0.4) is 0 Å². The van der Waals surface area contributed by atoms with Gasteiger partial charge in [0, 0.05) is 13.1 Å². The van der Waals surface area contributed by atoms with Crippen LogP contribution in [0.5, 0.6) is 0 Å². The molecule has 2 saturated heterocycles. The van der Waals surface area contributed by atoms with E-state index >= 15 is 0 Å². The molecule has 376 valence electrons. The van der Waals surface area contributed by atoms with Crippen LogP contribution >= 0.6 is 0 Å². The second-order valence-corrected chi connectivity index (χ2v) is 22.0. The number of amides is 4. The highest BCUT2D eigenvalue weighted by molar-refractivity contribution is 5.89. The molecule has 14 heteroatoms. The van der Waals surface area contributed by atoms with Gasteiger partial charge in [-0.25, -0.2) is 19.6 Å². The minimum atomic E-state index is -0.691. The maximum Gasteiger partial charge on any atom is 0.407 e. The first kappa shape index (κ1) is 47.6. The second kappa shape index (κ2) is 19.4. The SMILES string of the molecule is COC(=O)N[C@H](C(=O)N1CC2CCCC2[C@H]1c1nc2ccc(-c3cc4ccc3CCc3ccc(c(-c5ccc6nc([C@@H]7C8CCCC8CN7C(=O)[C@@H](NC(=O)OC)C(C)C)[nH]c6c5)c3)CC4)cc2[nH]1)C(C)C. The normalized spacial score (nSPS) is 23.3. The van der Waals surface area contributed by atoms with Crippen molar-refractivity contribution in [1.82, 2.24) is 40.4 Å². The Morgan fingerprint density at radius 1 is 0.569 bits per heavy atom. The van der Waals surface area contributed by atoms with Crippen molar-refractivity contribution in [3.05, 3.63) is 107 Å². The predicted molar refractivity (Wildman–Crippen MR) is 277 cm³/mol. The fourth-order valence-corrected chi connectivity index (χ4v) is 13.3. The number of likely N-dealkylation sites (tertiary alicyclic amines) is 2. The Kier molecular flexibility index (Phi) is 12.8. The number of rotatable bonds is 10. The van der Waals surface area contributed by atoms with Crippen LogP contribution in [0.2, 0.25) is 0 Å². The number of hydrogen-bond acceptors (Lipinski definition) is 8. The van der Waals surface area contributed by atoms with Crippen LogP contribution in [-0.2, 0) is 44.7 Å². The number of hydrogen-bond donors (Lipinski definition) is 4. The molecule has 4 aromatic carbocycles. The molecule has 4 unspecified atom stereocenters. The number of carbonyl (C=O) groups excluding carboxylic acids is 4. The van der Waals surface area contributed by atoms with Gasteiger partial charge in [0.1, 0.15) is 23.7 Å². The number of alkyl carbamates (subject to hydrolysis) is 2. The molecule has 14 rings (SSSR count). The zero-order valence-electron chi connectivity index (χ0n) is 42.4. The molecule has 4 fully saturated rings. The third-order valence-corrected chi connectivity index (χ3v) is 17.0. The monoisotopic (exact) mass is 973 g/mol. The maximum atomic E-state index is 14.3. The van der Waals surface area contributed by atoms with Gasteiger partial charge in [-0.05, 0) is 156 Å². The molecule has 8 atom stereocenters. The number of H-pyrrole nitrogens is 2. The summed E-state index contributed by atoms with van der Waals surface area (Å²) < 4.78 is 9.80. The largest absolute Gasteiger partial charge is 0.453 e. The van der Waals surface area contributed by atoms with E-state index in [1.54, 1.807) is 0 Å². The van der Waals surface area contributed by atoms with Crippen LogP contribution < -0.4 is 10.6 Å². The summed E-state index contributed by atoms with van der Waals surface area (Å²) in [5, 5.41) is 5.62. The fraction of sp³-hybridized carbons (Fsp3) is 0.483. The molecule has 2 aliphatic heterocycles. The molecule has 8 aliphatic rings. The van der Waals surface area contributed by atoms with Crippen molar-refractivity contribution in [3.8, 4) is 22.3 Å². The highest BCUT2D eigenvalue weighted by Gasteiger charge is 2.51. The van der Waals surface area contributed by atoms with Crippen molar-refractivity contribution in [1.29, 1.82) is 0 Å². The van der Waals surface area contributed by atoms with Gasteiger partial charge in [-0.3, -0.25) is 9.59 Å². The lowest BCUT2D eigenvalue weighted by atomic mass is 9.87. The van der Waals surface area contributed by atoms with Crippen LogP contribution in [0.1, 0.15) is 112 Å². The second-order valence-electron chi connectivity index (χ2n) is 22.0. The number of aromatic amines is 2. The Bertz CT molecular complexity index is 2860. The van der Waals surface area contributed by atoms with Crippen molar-refractivity contribution < 1.29 is 28.7 Å². The van der Waals surface area contributed by atoms with Gasteiger partial charge in [0.25, 0.3) is 0 Å². The summed E-state index contributed by atoms with van der Waals surface area (Å²) >= 11 is 0. The number of nitrogens with one attached hydrogen (secondary N) is 4. The number of nitrogens with zero attached hydrogens (tertiary/aromatic N) is 4. The Morgan fingerprint density at radius 3 is 1.40 bits per heavy atom. The third kappa shape index (κ3) is 8.78. The van der Waals surface area contributed by atoms with Crippen molar-refractivity contribution in [2.24, 2.45) is 35.5 Å². The maximum absolute atomic E-state index is 14.3. The number of benzene rings is 4. The summed E-state index contributed by atoms with van der Waals surface area (Å²) in [5.74, 6) is 2.67. The van der Waals surface area contributed by atoms with Gasteiger partial charge in [0.2, 0.25) is 11.8 Å². The summed E-state index contributed by atoms with van der Waals surface area (Å²) in [5.41, 5.74) is 13.5. The standard InChI is InChI=1S/C58H68N8O6/c1-31(2)49(63-57(69)71-5)55(67)65-29-39-9-7-11-41(39)51(65)53-59-45-23-21-37(27-47(45)61-53)43-25-33-13-17-35(43)19-15-34-14-18-36(20-16-33)44(26-34)38-22-24-46-48(28-38)62-54(60-46)52-42-12-8-10-40(42)30-66(52)56(68)50(32(3)4)64-58(70)72-6/h13-14,17-18,21-28,31-32,39-42,49-52H,7-12,15-16,19-20,29-30H2,1-6H3,(H,59,61)(H,60,62)(H,63,69)(H,64,70)/t39?,40?,41?,42?,49-,50-,51-,52-/m0/s1. The molecule has 4 amide bonds. The van der Waals surface area contributed by atoms with E-state index in [9.17, 15) is 19.2 Å². The summed E-state index contributed by atoms with van der Waals surface area (Å²) in [6, 6.07) is 25.2. The average Bonchev–Trinajstić information content (AvgIpc) is 4.24. The number of carbonyl (C=O) groups is 4. The van der Waals surface area contributed by atoms with Crippen LogP contribution in [0, 0.1) is 35.5 Å². The third-order valence-electron chi connectivity index (χ3n) is 17.0. The Morgan fingerprint density at radius 2 is 1.00 bits per heavy atom. The summed E-state index contributed by atoms with van der Waals surface area (Å²) in [4.78, 5) is 74.9. The Balaban J connectivity index is 0.850. The highest BCUT2D eigenvalue weighted by Crippen LogP contribution is 2.51. The number of fused-ring (bicyclic) bond motifs is 4. The number of aryl methyl sites for hydroxylation is 4. The molecule has 6 aromatic rings. The zero-order valence-corrected chi connectivity index (χ0v) is 42.4. The molecule has 4 heterocycles. The van der Waals surface area contributed by atoms with Gasteiger partial charge in [0.05, 0.1) is 48.4 Å². The van der Waals surface area contributed by atoms with Crippen molar-refractivity contribution in [3.63, 3.8) is 0 Å². The lowest BCUT2D eigenvalue weighted by Crippen LogP contribution is -2.51. The highest BCUT2D eigenvalue weighted by atomic mass is 16.5. The Hall–Kier alpha value is -6.70. The lowest BCUT2D eigenvalue weighted by Gasteiger charge is -2.31. The zero-order chi connectivity index (χ0) is 49.9. The Labute approximate surface area is 421 Å². The number of aromatic nitrogens is 4. The van der Waals surface area contributed by atoms with Gasteiger partial charge >= 0.3 is 12.2 Å². The molecule has 72 heavy (non-hydrogen) atoms. The van der Waals surface area contributed by atoms with E-state index in [0.29, 0.717) is 36.8 Å². The molecule has 2 saturated carbocycles. The minimum absolute atomic E-state index is 0.0858. The van der Waals surface area contributed by atoms with E-state index in [2.05, 4.69) is 93.4 Å². The van der Waals surface area contributed by atoms with Crippen LogP contribution in [0.25, 0.3) is 44.3 Å². The number of ether oxygens (including phenoxy) is 2. The molecule has 0 radical (unpaired) electrons. The van der Waals surface area contributed by atoms with Gasteiger partial charge in [-0.1, -0.05) is 89.1 Å². The molecule has 6 aliphatic carbocycles. The molecule has 14 nitrogen and oxygen atoms in total. The van der Waals surface area contributed by atoms with Crippen molar-refractivity contribution >= 4 is 46.1 Å². The summed E-state index contributed by atoms with van der Waals surface area (Å²) in [6.45, 7) is 9.13. The first-order chi connectivity index (χ1) is 34.8. The first-order valence-corrected chi connectivity index (χ1v) is 26.4. The smallest absolute Gasteiger partial charge is 0.407 e. The predicted octanol–water partition coefficient (Wildman–Crippen LogP) is 10.0. The fourth-order valence-electron chi connectivity index (χ4n) is 13.3. The van der Waals surface area contributed by atoms with Crippen LogP contribution in [-0.4, -0.2) is 93.1 Å². The van der Waals surface area contributed by atoms with Gasteiger partial charge in [0.15, 0.2) is 0 Å². The summed E-state index contributed by atoms with van der Waals surface area (Å²) in [6.07, 6.45) is 8.83. The van der Waals surface area contributed by atoms with Gasteiger partial charge < -0.3 is 39.9 Å². The quantitative estimate of drug-likeness (QED) is 0.105. The van der Waals surface area contributed by atoms with E-state index in [1.165, 1.54) is 47.6 Å².